The van der Waals surface area contributed by atoms with Crippen molar-refractivity contribution >= 4 is 44.8 Å². The molecule has 0 bridgehead atoms. The van der Waals surface area contributed by atoms with Crippen molar-refractivity contribution in [3.8, 4) is 5.75 Å². The molecule has 0 N–H and O–H groups in total. The van der Waals surface area contributed by atoms with Gasteiger partial charge in [0.25, 0.3) is 0 Å². The van der Waals surface area contributed by atoms with Crippen molar-refractivity contribution < 1.29 is 14.4 Å². The number of hydrogen-bond donors (Lipinski definition) is 0. The topological polar surface area (TPSA) is 51.7 Å². The third-order valence-electron chi connectivity index (χ3n) is 4.26. The maximum atomic E-state index is 11.9. The molecule has 1 aromatic carbocycles. The average Bonchev–Trinajstić information content (AvgIpc) is 3.12. The Balaban J connectivity index is 1.34. The number of hydrogen-bond acceptors (Lipinski definition) is 6. The van der Waals surface area contributed by atoms with Crippen molar-refractivity contribution in [2.45, 2.75) is 25.7 Å². The third kappa shape index (κ3) is 5.94. The molecule has 1 aliphatic rings. The van der Waals surface area contributed by atoms with Gasteiger partial charge in [-0.05, 0) is 43.4 Å². The molecule has 1 fully saturated rings. The zero-order valence-corrected chi connectivity index (χ0v) is 17.4. The Bertz CT molecular complexity index is 721. The van der Waals surface area contributed by atoms with Gasteiger partial charge in [0.05, 0.1) is 18.1 Å². The molecule has 5 nitrogen and oxygen atoms in total. The summed E-state index contributed by atoms with van der Waals surface area (Å²) in [5, 5.41) is 5.03. The zero-order valence-electron chi connectivity index (χ0n) is 14.2. The molecule has 26 heavy (non-hydrogen) atoms. The Morgan fingerprint density at radius 3 is 2.92 bits per heavy atom. The number of carbonyl (C=O) groups is 1. The highest BCUT2D eigenvalue weighted by Gasteiger charge is 2.22. The van der Waals surface area contributed by atoms with Crippen molar-refractivity contribution in [2.75, 3.05) is 19.7 Å². The quantitative estimate of drug-likeness (QED) is 0.598. The van der Waals surface area contributed by atoms with Crippen molar-refractivity contribution in [1.29, 1.82) is 0 Å². The fourth-order valence-corrected chi connectivity index (χ4v) is 3.97. The van der Waals surface area contributed by atoms with E-state index in [1.54, 1.807) is 11.3 Å². The number of benzene rings is 1. The van der Waals surface area contributed by atoms with E-state index in [2.05, 4.69) is 20.9 Å². The number of hydroxylamine groups is 2. The number of rotatable bonds is 7. The van der Waals surface area contributed by atoms with Crippen molar-refractivity contribution in [3.05, 3.63) is 44.3 Å². The molecule has 1 aliphatic heterocycles. The van der Waals surface area contributed by atoms with Crippen LogP contribution >= 0.6 is 38.9 Å². The smallest absolute Gasteiger partial charge is 0.331 e. The summed E-state index contributed by atoms with van der Waals surface area (Å²) >= 11 is 11.0. The lowest BCUT2D eigenvalue weighted by Gasteiger charge is -2.30. The van der Waals surface area contributed by atoms with E-state index in [-0.39, 0.29) is 12.4 Å². The van der Waals surface area contributed by atoms with Gasteiger partial charge in [-0.2, -0.15) is 0 Å². The second-order valence-electron chi connectivity index (χ2n) is 6.15. The number of nitrogens with zero attached hydrogens (tertiary/aromatic N) is 2. The summed E-state index contributed by atoms with van der Waals surface area (Å²) in [4.78, 5) is 21.4. The lowest BCUT2D eigenvalue weighted by molar-refractivity contribution is -0.196. The number of piperidine rings is 1. The van der Waals surface area contributed by atoms with Gasteiger partial charge in [-0.25, -0.2) is 9.78 Å². The van der Waals surface area contributed by atoms with Gasteiger partial charge in [0.2, 0.25) is 0 Å². The Kier molecular flexibility index (Phi) is 7.31. The molecule has 0 amide bonds. The van der Waals surface area contributed by atoms with Gasteiger partial charge in [0.15, 0.2) is 0 Å². The largest absolute Gasteiger partial charge is 0.492 e. The van der Waals surface area contributed by atoms with Crippen LogP contribution in [0.15, 0.2) is 34.2 Å². The maximum Gasteiger partial charge on any atom is 0.331 e. The van der Waals surface area contributed by atoms with E-state index in [0.29, 0.717) is 23.3 Å². The number of ether oxygens (including phenoxy) is 1. The van der Waals surface area contributed by atoms with Crippen LogP contribution in [0.1, 0.15) is 24.3 Å². The van der Waals surface area contributed by atoms with Crippen LogP contribution in [0.5, 0.6) is 5.75 Å². The zero-order chi connectivity index (χ0) is 18.4. The normalized spacial score (nSPS) is 15.8. The van der Waals surface area contributed by atoms with Crippen LogP contribution in [0, 0.1) is 5.92 Å². The molecular formula is C18H20BrClN2O3S. The van der Waals surface area contributed by atoms with Gasteiger partial charge < -0.3 is 9.57 Å². The number of carbonyl (C=O) groups excluding carboxylic acids is 1. The van der Waals surface area contributed by atoms with E-state index >= 15 is 0 Å². The van der Waals surface area contributed by atoms with Gasteiger partial charge >= 0.3 is 5.97 Å². The molecular weight excluding hydrogens is 440 g/mol. The van der Waals surface area contributed by atoms with Gasteiger partial charge in [-0.15, -0.1) is 16.4 Å². The van der Waals surface area contributed by atoms with Crippen molar-refractivity contribution in [3.63, 3.8) is 0 Å². The van der Waals surface area contributed by atoms with Crippen LogP contribution in [-0.4, -0.2) is 35.7 Å². The predicted molar refractivity (Wildman–Crippen MR) is 105 cm³/mol. The molecule has 0 saturated carbocycles. The van der Waals surface area contributed by atoms with Crippen LogP contribution in [-0.2, 0) is 16.1 Å². The Hall–Kier alpha value is -1.15. The van der Waals surface area contributed by atoms with Crippen LogP contribution in [0.25, 0.3) is 0 Å². The van der Waals surface area contributed by atoms with Gasteiger partial charge in [0.1, 0.15) is 10.8 Å². The molecule has 140 valence electrons. The van der Waals surface area contributed by atoms with E-state index in [1.807, 2.05) is 23.6 Å². The maximum absolute atomic E-state index is 11.9. The SMILES string of the molecule is O=C(Cc1nccs1)ON1CCC(CCOc2cc(Br)ccc2Cl)CC1. The molecule has 2 aromatic rings. The number of thiazole rings is 1. The molecule has 0 atom stereocenters. The van der Waals surface area contributed by atoms with Gasteiger partial charge in [-0.3, -0.25) is 0 Å². The van der Waals surface area contributed by atoms with E-state index in [4.69, 9.17) is 21.2 Å². The number of halogens is 2. The molecule has 0 spiro atoms. The minimum atomic E-state index is -0.244. The number of aromatic nitrogens is 1. The van der Waals surface area contributed by atoms with Gasteiger partial charge in [-0.1, -0.05) is 27.5 Å². The highest BCUT2D eigenvalue weighted by Crippen LogP contribution is 2.29. The summed E-state index contributed by atoms with van der Waals surface area (Å²) in [5.41, 5.74) is 0. The van der Waals surface area contributed by atoms with E-state index in [9.17, 15) is 4.79 Å². The fourth-order valence-electron chi connectivity index (χ4n) is 2.85. The summed E-state index contributed by atoms with van der Waals surface area (Å²) in [6.07, 6.45) is 4.87. The van der Waals surface area contributed by atoms with E-state index in [1.165, 1.54) is 11.3 Å². The first-order valence-corrected chi connectivity index (χ1v) is 10.6. The minimum Gasteiger partial charge on any atom is -0.492 e. The minimum absolute atomic E-state index is 0.235. The highest BCUT2D eigenvalue weighted by atomic mass is 79.9. The average molecular weight is 460 g/mol. The first-order chi connectivity index (χ1) is 12.6. The second kappa shape index (κ2) is 9.69. The summed E-state index contributed by atoms with van der Waals surface area (Å²) < 4.78 is 6.75. The summed E-state index contributed by atoms with van der Waals surface area (Å²) in [6.45, 7) is 2.14. The molecule has 0 radical (unpaired) electrons. The third-order valence-corrected chi connectivity index (χ3v) is 5.85. The first-order valence-electron chi connectivity index (χ1n) is 8.52. The molecule has 3 rings (SSSR count). The Labute approximate surface area is 170 Å². The second-order valence-corrected chi connectivity index (χ2v) is 8.45. The van der Waals surface area contributed by atoms with Crippen LogP contribution in [0.2, 0.25) is 5.02 Å². The molecule has 0 unspecified atom stereocenters. The van der Waals surface area contributed by atoms with E-state index < -0.39 is 0 Å². The Morgan fingerprint density at radius 1 is 1.38 bits per heavy atom. The monoisotopic (exact) mass is 458 g/mol. The summed E-state index contributed by atoms with van der Waals surface area (Å²) in [6, 6.07) is 5.59. The van der Waals surface area contributed by atoms with Gasteiger partial charge in [0, 0.05) is 29.1 Å². The lowest BCUT2D eigenvalue weighted by atomic mass is 9.95. The molecule has 8 heteroatoms. The highest BCUT2D eigenvalue weighted by molar-refractivity contribution is 9.10. The molecule has 1 aromatic heterocycles. The Morgan fingerprint density at radius 2 is 2.19 bits per heavy atom. The summed E-state index contributed by atoms with van der Waals surface area (Å²) in [5.74, 6) is 1.02. The molecule has 2 heterocycles. The fraction of sp³-hybridized carbons (Fsp3) is 0.444. The standard InChI is InChI=1S/C18H20BrClN2O3S/c19-14-1-2-15(20)16(11-14)24-9-5-13-3-7-22(8-4-13)25-18(23)12-17-21-6-10-26-17/h1-2,6,10-11,13H,3-5,7-9,12H2. The molecule has 0 aliphatic carbocycles. The lowest BCUT2D eigenvalue weighted by Crippen LogP contribution is -2.36. The predicted octanol–water partition coefficient (Wildman–Crippen LogP) is 4.74. The molecule has 1 saturated heterocycles. The first kappa shape index (κ1) is 19.6. The van der Waals surface area contributed by atoms with E-state index in [0.717, 1.165) is 41.8 Å². The van der Waals surface area contributed by atoms with Crippen LogP contribution in [0.3, 0.4) is 0 Å². The van der Waals surface area contributed by atoms with Crippen LogP contribution < -0.4 is 4.74 Å². The van der Waals surface area contributed by atoms with Crippen molar-refractivity contribution in [2.24, 2.45) is 5.92 Å². The van der Waals surface area contributed by atoms with Crippen LogP contribution in [0.4, 0.5) is 0 Å². The summed E-state index contributed by atoms with van der Waals surface area (Å²) in [7, 11) is 0. The van der Waals surface area contributed by atoms with Crippen molar-refractivity contribution in [1.82, 2.24) is 10.0 Å².